The van der Waals surface area contributed by atoms with Crippen LogP contribution in [-0.2, 0) is 6.54 Å². The van der Waals surface area contributed by atoms with E-state index in [4.69, 9.17) is 0 Å². The Bertz CT molecular complexity index is 1290. The van der Waals surface area contributed by atoms with Crippen molar-refractivity contribution in [3.05, 3.63) is 94.4 Å². The number of carbonyl (C=O) groups is 1. The maximum Gasteiger partial charge on any atom is 0.256 e. The first-order valence-corrected chi connectivity index (χ1v) is 10.4. The van der Waals surface area contributed by atoms with Crippen LogP contribution in [0.15, 0.2) is 60.7 Å². The van der Waals surface area contributed by atoms with Gasteiger partial charge in [-0.3, -0.25) is 14.5 Å². The SMILES string of the molecule is Cc1ccc2nc(C)cc(C(=O)Nc3c(C)nn(CC=Cc4ccccc4)c3C)c2c1. The topological polar surface area (TPSA) is 59.8 Å². The van der Waals surface area contributed by atoms with Crippen molar-refractivity contribution < 1.29 is 4.79 Å². The van der Waals surface area contributed by atoms with Crippen molar-refractivity contribution in [2.75, 3.05) is 5.32 Å². The highest BCUT2D eigenvalue weighted by atomic mass is 16.1. The molecule has 0 saturated carbocycles. The molecule has 0 aliphatic rings. The van der Waals surface area contributed by atoms with Crippen LogP contribution in [0.3, 0.4) is 0 Å². The first-order chi connectivity index (χ1) is 14.9. The quantitative estimate of drug-likeness (QED) is 0.464. The van der Waals surface area contributed by atoms with Gasteiger partial charge in [0.1, 0.15) is 0 Å². The zero-order valence-electron chi connectivity index (χ0n) is 18.3. The first kappa shape index (κ1) is 20.5. The third kappa shape index (κ3) is 4.40. The summed E-state index contributed by atoms with van der Waals surface area (Å²) in [7, 11) is 0. The summed E-state index contributed by atoms with van der Waals surface area (Å²) < 4.78 is 1.91. The second kappa shape index (κ2) is 8.56. The second-order valence-corrected chi connectivity index (χ2v) is 7.83. The standard InChI is InChI=1S/C26H26N4O/c1-17-12-13-24-22(15-17)23(16-18(2)27-24)26(31)28-25-19(3)29-30(20(25)4)14-8-11-21-9-6-5-7-10-21/h5-13,15-16H,14H2,1-4H3,(H,28,31). The molecule has 0 aliphatic carbocycles. The molecule has 0 aliphatic heterocycles. The Kier molecular flexibility index (Phi) is 5.67. The molecule has 2 aromatic heterocycles. The van der Waals surface area contributed by atoms with Gasteiger partial charge in [0.15, 0.2) is 0 Å². The maximum atomic E-state index is 13.2. The van der Waals surface area contributed by atoms with E-state index in [0.29, 0.717) is 12.1 Å². The summed E-state index contributed by atoms with van der Waals surface area (Å²) in [5.41, 5.74) is 6.99. The molecule has 5 heteroatoms. The number of pyridine rings is 1. The minimum Gasteiger partial charge on any atom is -0.319 e. The number of nitrogens with zero attached hydrogens (tertiary/aromatic N) is 3. The molecular formula is C26H26N4O. The molecule has 156 valence electrons. The molecular weight excluding hydrogens is 384 g/mol. The summed E-state index contributed by atoms with van der Waals surface area (Å²) >= 11 is 0. The molecule has 0 saturated heterocycles. The fourth-order valence-electron chi connectivity index (χ4n) is 3.75. The van der Waals surface area contributed by atoms with Gasteiger partial charge in [0.05, 0.1) is 34.7 Å². The average molecular weight is 411 g/mol. The molecule has 1 amide bonds. The lowest BCUT2D eigenvalue weighted by Gasteiger charge is -2.10. The van der Waals surface area contributed by atoms with Crippen molar-refractivity contribution in [1.82, 2.24) is 14.8 Å². The lowest BCUT2D eigenvalue weighted by Crippen LogP contribution is -2.14. The van der Waals surface area contributed by atoms with Crippen molar-refractivity contribution in [2.45, 2.75) is 34.2 Å². The molecule has 0 spiro atoms. The van der Waals surface area contributed by atoms with E-state index in [1.54, 1.807) is 0 Å². The number of hydrogen-bond donors (Lipinski definition) is 1. The van der Waals surface area contributed by atoms with Crippen LogP contribution in [-0.4, -0.2) is 20.7 Å². The van der Waals surface area contributed by atoms with Crippen LogP contribution in [0.5, 0.6) is 0 Å². The number of amides is 1. The van der Waals surface area contributed by atoms with E-state index in [9.17, 15) is 4.79 Å². The van der Waals surface area contributed by atoms with E-state index in [0.717, 1.165) is 44.8 Å². The Morgan fingerprint density at radius 1 is 1.03 bits per heavy atom. The van der Waals surface area contributed by atoms with E-state index >= 15 is 0 Å². The summed E-state index contributed by atoms with van der Waals surface area (Å²) in [6.45, 7) is 8.45. The lowest BCUT2D eigenvalue weighted by molar-refractivity contribution is 0.102. The number of rotatable bonds is 5. The van der Waals surface area contributed by atoms with Gasteiger partial charge in [-0.15, -0.1) is 0 Å². The van der Waals surface area contributed by atoms with Crippen LogP contribution in [0, 0.1) is 27.7 Å². The number of allylic oxidation sites excluding steroid dienone is 1. The first-order valence-electron chi connectivity index (χ1n) is 10.4. The van der Waals surface area contributed by atoms with Crippen LogP contribution >= 0.6 is 0 Å². The molecule has 31 heavy (non-hydrogen) atoms. The molecule has 1 N–H and O–H groups in total. The number of nitrogens with one attached hydrogen (secondary N) is 1. The van der Waals surface area contributed by atoms with E-state index in [-0.39, 0.29) is 5.91 Å². The molecule has 5 nitrogen and oxygen atoms in total. The van der Waals surface area contributed by atoms with Crippen LogP contribution in [0.25, 0.3) is 17.0 Å². The Hall–Kier alpha value is -3.73. The fraction of sp³-hybridized carbons (Fsp3) is 0.192. The highest BCUT2D eigenvalue weighted by Gasteiger charge is 2.17. The minimum absolute atomic E-state index is 0.147. The molecule has 0 atom stereocenters. The largest absolute Gasteiger partial charge is 0.319 e. The van der Waals surface area contributed by atoms with Crippen molar-refractivity contribution in [3.8, 4) is 0 Å². The van der Waals surface area contributed by atoms with Crippen molar-refractivity contribution >= 4 is 28.6 Å². The van der Waals surface area contributed by atoms with Gasteiger partial charge in [0.2, 0.25) is 0 Å². The fourth-order valence-corrected chi connectivity index (χ4v) is 3.75. The van der Waals surface area contributed by atoms with Gasteiger partial charge >= 0.3 is 0 Å². The van der Waals surface area contributed by atoms with Gasteiger partial charge in [-0.1, -0.05) is 54.1 Å². The van der Waals surface area contributed by atoms with Crippen LogP contribution in [0.2, 0.25) is 0 Å². The number of aryl methyl sites for hydroxylation is 3. The number of hydrogen-bond acceptors (Lipinski definition) is 3. The lowest BCUT2D eigenvalue weighted by atomic mass is 10.0. The normalized spacial score (nSPS) is 11.4. The number of carbonyl (C=O) groups excluding carboxylic acids is 1. The Morgan fingerprint density at radius 2 is 1.81 bits per heavy atom. The molecule has 2 aromatic carbocycles. The van der Waals surface area contributed by atoms with Gasteiger partial charge in [0, 0.05) is 11.1 Å². The third-order valence-electron chi connectivity index (χ3n) is 5.35. The van der Waals surface area contributed by atoms with Gasteiger partial charge < -0.3 is 5.32 Å². The molecule has 0 fully saturated rings. The van der Waals surface area contributed by atoms with E-state index in [2.05, 4.69) is 39.7 Å². The Morgan fingerprint density at radius 3 is 2.58 bits per heavy atom. The van der Waals surface area contributed by atoms with Gasteiger partial charge in [-0.2, -0.15) is 5.10 Å². The highest BCUT2D eigenvalue weighted by molar-refractivity contribution is 6.12. The summed E-state index contributed by atoms with van der Waals surface area (Å²) in [5.74, 6) is -0.147. The predicted octanol–water partition coefficient (Wildman–Crippen LogP) is 5.63. The summed E-state index contributed by atoms with van der Waals surface area (Å²) in [5, 5.41) is 8.57. The molecule has 0 bridgehead atoms. The highest BCUT2D eigenvalue weighted by Crippen LogP contribution is 2.24. The third-order valence-corrected chi connectivity index (χ3v) is 5.35. The van der Waals surface area contributed by atoms with E-state index < -0.39 is 0 Å². The second-order valence-electron chi connectivity index (χ2n) is 7.83. The van der Waals surface area contributed by atoms with Crippen molar-refractivity contribution in [1.29, 1.82) is 0 Å². The molecule has 4 aromatic rings. The monoisotopic (exact) mass is 410 g/mol. The van der Waals surface area contributed by atoms with Crippen LogP contribution in [0.1, 0.15) is 38.6 Å². The van der Waals surface area contributed by atoms with E-state index in [1.807, 2.05) is 74.8 Å². The van der Waals surface area contributed by atoms with Crippen LogP contribution in [0.4, 0.5) is 5.69 Å². The predicted molar refractivity (Wildman–Crippen MR) is 126 cm³/mol. The average Bonchev–Trinajstić information content (AvgIpc) is 3.01. The molecule has 0 unspecified atom stereocenters. The number of benzene rings is 2. The zero-order valence-corrected chi connectivity index (χ0v) is 18.3. The van der Waals surface area contributed by atoms with Crippen molar-refractivity contribution in [3.63, 3.8) is 0 Å². The number of fused-ring (bicyclic) bond motifs is 1. The minimum atomic E-state index is -0.147. The summed E-state index contributed by atoms with van der Waals surface area (Å²) in [6, 6.07) is 18.0. The van der Waals surface area contributed by atoms with Crippen molar-refractivity contribution in [2.24, 2.45) is 0 Å². The summed E-state index contributed by atoms with van der Waals surface area (Å²) in [4.78, 5) is 17.8. The van der Waals surface area contributed by atoms with Crippen LogP contribution < -0.4 is 5.32 Å². The number of aromatic nitrogens is 3. The molecule has 0 radical (unpaired) electrons. The Balaban J connectivity index is 1.59. The molecule has 4 rings (SSSR count). The number of anilines is 1. The van der Waals surface area contributed by atoms with Gasteiger partial charge in [0.25, 0.3) is 5.91 Å². The maximum absolute atomic E-state index is 13.2. The summed E-state index contributed by atoms with van der Waals surface area (Å²) in [6.07, 6.45) is 4.14. The van der Waals surface area contributed by atoms with E-state index in [1.165, 1.54) is 0 Å². The van der Waals surface area contributed by atoms with Gasteiger partial charge in [-0.05, 0) is 51.5 Å². The smallest absolute Gasteiger partial charge is 0.256 e. The Labute approximate surface area is 182 Å². The molecule has 2 heterocycles. The zero-order chi connectivity index (χ0) is 22.0. The van der Waals surface area contributed by atoms with Gasteiger partial charge in [-0.25, -0.2) is 0 Å².